The van der Waals surface area contributed by atoms with Gasteiger partial charge < -0.3 is 20.3 Å². The Bertz CT molecular complexity index is 849. The summed E-state index contributed by atoms with van der Waals surface area (Å²) in [5, 5.41) is 26.2. The van der Waals surface area contributed by atoms with Crippen molar-refractivity contribution in [3.8, 4) is 0 Å². The third-order valence-electron chi connectivity index (χ3n) is 4.13. The van der Waals surface area contributed by atoms with Crippen LogP contribution in [-0.2, 0) is 11.3 Å². The first-order valence-corrected chi connectivity index (χ1v) is 9.30. The van der Waals surface area contributed by atoms with Crippen molar-refractivity contribution in [1.82, 2.24) is 5.32 Å². The number of nitrogens with one attached hydrogen (secondary N) is 1. The number of ether oxygens (including phenoxy) is 1. The van der Waals surface area contributed by atoms with Crippen LogP contribution in [0.15, 0.2) is 60.0 Å². The Labute approximate surface area is 155 Å². The molecule has 1 heterocycles. The molecule has 0 fully saturated rings. The Morgan fingerprint density at radius 2 is 1.88 bits per heavy atom. The smallest absolute Gasteiger partial charge is 0.407 e. The van der Waals surface area contributed by atoms with Crippen molar-refractivity contribution >= 4 is 27.5 Å². The molecule has 0 spiro atoms. The van der Waals surface area contributed by atoms with Gasteiger partial charge in [-0.25, -0.2) is 4.79 Å². The molecule has 136 valence electrons. The molecule has 0 bridgehead atoms. The molecule has 26 heavy (non-hydrogen) atoms. The number of hydrogen-bond acceptors (Lipinski definition) is 5. The summed E-state index contributed by atoms with van der Waals surface area (Å²) in [6.07, 6.45) is -2.30. The average molecular weight is 371 g/mol. The Kier molecular flexibility index (Phi) is 6.22. The van der Waals surface area contributed by atoms with E-state index in [1.165, 1.54) is 0 Å². The van der Waals surface area contributed by atoms with Crippen molar-refractivity contribution in [3.05, 3.63) is 71.1 Å². The minimum atomic E-state index is -1.00. The highest BCUT2D eigenvalue weighted by molar-refractivity contribution is 7.17. The number of carbonyl (C=O) groups is 1. The number of aliphatic hydroxyl groups excluding tert-OH is 2. The van der Waals surface area contributed by atoms with E-state index >= 15 is 0 Å². The standard InChI is InChI=1S/C20H21NO4S/c22-17(19(23)16-7-4-8-18-15(16)10-12-26-18)9-11-21-20(24)25-13-14-5-2-1-3-6-14/h1-8,10,12,17,19,22-23H,9,11,13H2,(H,21,24). The van der Waals surface area contributed by atoms with Gasteiger partial charge in [0, 0.05) is 11.2 Å². The van der Waals surface area contributed by atoms with Crippen molar-refractivity contribution < 1.29 is 19.7 Å². The number of thiophene rings is 1. The Morgan fingerprint density at radius 3 is 2.69 bits per heavy atom. The molecule has 1 amide bonds. The van der Waals surface area contributed by atoms with Crippen LogP contribution < -0.4 is 5.32 Å². The predicted octanol–water partition coefficient (Wildman–Crippen LogP) is 3.61. The Morgan fingerprint density at radius 1 is 1.08 bits per heavy atom. The van der Waals surface area contributed by atoms with E-state index in [1.807, 2.05) is 60.0 Å². The third-order valence-corrected chi connectivity index (χ3v) is 5.02. The predicted molar refractivity (Wildman–Crippen MR) is 102 cm³/mol. The van der Waals surface area contributed by atoms with Crippen LogP contribution in [0.2, 0.25) is 0 Å². The fourth-order valence-corrected chi connectivity index (χ4v) is 3.56. The highest BCUT2D eigenvalue weighted by Crippen LogP contribution is 2.30. The molecule has 2 aromatic carbocycles. The molecule has 6 heteroatoms. The first-order valence-electron chi connectivity index (χ1n) is 8.42. The molecule has 0 saturated heterocycles. The maximum absolute atomic E-state index is 11.7. The van der Waals surface area contributed by atoms with Gasteiger partial charge in [-0.05, 0) is 40.4 Å². The second-order valence-electron chi connectivity index (χ2n) is 5.97. The van der Waals surface area contributed by atoms with E-state index in [9.17, 15) is 15.0 Å². The van der Waals surface area contributed by atoms with E-state index in [2.05, 4.69) is 5.32 Å². The summed E-state index contributed by atoms with van der Waals surface area (Å²) in [5.41, 5.74) is 1.60. The molecule has 3 N–H and O–H groups in total. The topological polar surface area (TPSA) is 78.8 Å². The molecule has 0 saturated carbocycles. The molecule has 0 aliphatic heterocycles. The SMILES string of the molecule is O=C(NCCC(O)C(O)c1cccc2sccc12)OCc1ccccc1. The van der Waals surface area contributed by atoms with Gasteiger partial charge in [-0.2, -0.15) is 0 Å². The fraction of sp³-hybridized carbons (Fsp3) is 0.250. The summed E-state index contributed by atoms with van der Waals surface area (Å²) in [6, 6.07) is 17.0. The molecule has 3 rings (SSSR count). The minimum absolute atomic E-state index is 0.192. The molecular weight excluding hydrogens is 350 g/mol. The average Bonchev–Trinajstić information content (AvgIpc) is 3.15. The van der Waals surface area contributed by atoms with Gasteiger partial charge in [0.25, 0.3) is 0 Å². The van der Waals surface area contributed by atoms with E-state index in [0.29, 0.717) is 5.56 Å². The number of amides is 1. The van der Waals surface area contributed by atoms with Crippen molar-refractivity contribution in [2.45, 2.75) is 25.2 Å². The van der Waals surface area contributed by atoms with E-state index < -0.39 is 18.3 Å². The summed E-state index contributed by atoms with van der Waals surface area (Å²) in [6.45, 7) is 0.406. The van der Waals surface area contributed by atoms with Crippen molar-refractivity contribution in [2.75, 3.05) is 6.54 Å². The number of aliphatic hydroxyl groups is 2. The lowest BCUT2D eigenvalue weighted by molar-refractivity contribution is 0.0145. The van der Waals surface area contributed by atoms with Crippen molar-refractivity contribution in [1.29, 1.82) is 0 Å². The van der Waals surface area contributed by atoms with Crippen molar-refractivity contribution in [2.24, 2.45) is 0 Å². The largest absolute Gasteiger partial charge is 0.445 e. The number of hydrogen-bond donors (Lipinski definition) is 3. The van der Waals surface area contributed by atoms with Gasteiger partial charge in [-0.1, -0.05) is 42.5 Å². The quantitative estimate of drug-likeness (QED) is 0.593. The zero-order valence-electron chi connectivity index (χ0n) is 14.2. The zero-order chi connectivity index (χ0) is 18.4. The molecule has 0 radical (unpaired) electrons. The number of rotatable bonds is 7. The maximum atomic E-state index is 11.7. The number of benzene rings is 2. The monoisotopic (exact) mass is 371 g/mol. The van der Waals surface area contributed by atoms with Gasteiger partial charge in [0.1, 0.15) is 12.7 Å². The van der Waals surface area contributed by atoms with Crippen LogP contribution in [0, 0.1) is 0 Å². The van der Waals surface area contributed by atoms with Crippen LogP contribution in [0.5, 0.6) is 0 Å². The number of alkyl carbamates (subject to hydrolysis) is 1. The Hall–Kier alpha value is -2.41. The van der Waals surface area contributed by atoms with Crippen LogP contribution in [0.3, 0.4) is 0 Å². The molecule has 1 aromatic heterocycles. The molecule has 5 nitrogen and oxygen atoms in total. The van der Waals surface area contributed by atoms with Crippen LogP contribution in [0.25, 0.3) is 10.1 Å². The van der Waals surface area contributed by atoms with Gasteiger partial charge >= 0.3 is 6.09 Å². The molecule has 0 aliphatic carbocycles. The first kappa shape index (κ1) is 18.4. The van der Waals surface area contributed by atoms with Crippen molar-refractivity contribution in [3.63, 3.8) is 0 Å². The molecule has 2 unspecified atom stereocenters. The third kappa shape index (κ3) is 4.60. The van der Waals surface area contributed by atoms with E-state index in [-0.39, 0.29) is 19.6 Å². The summed E-state index contributed by atoms with van der Waals surface area (Å²) in [5.74, 6) is 0. The summed E-state index contributed by atoms with van der Waals surface area (Å²) in [7, 11) is 0. The highest BCUT2D eigenvalue weighted by atomic mass is 32.1. The zero-order valence-corrected chi connectivity index (χ0v) is 15.0. The molecule has 0 aliphatic rings. The minimum Gasteiger partial charge on any atom is -0.445 e. The van der Waals surface area contributed by atoms with E-state index in [4.69, 9.17) is 4.74 Å². The van der Waals surface area contributed by atoms with Gasteiger partial charge in [0.05, 0.1) is 6.10 Å². The van der Waals surface area contributed by atoms with Crippen LogP contribution in [0.4, 0.5) is 4.79 Å². The van der Waals surface area contributed by atoms with Crippen LogP contribution >= 0.6 is 11.3 Å². The second kappa shape index (κ2) is 8.80. The highest BCUT2D eigenvalue weighted by Gasteiger charge is 2.20. The number of carbonyl (C=O) groups excluding carboxylic acids is 1. The lowest BCUT2D eigenvalue weighted by Crippen LogP contribution is -2.29. The van der Waals surface area contributed by atoms with Gasteiger partial charge in [0.2, 0.25) is 0 Å². The van der Waals surface area contributed by atoms with E-state index in [1.54, 1.807) is 11.3 Å². The van der Waals surface area contributed by atoms with Crippen LogP contribution in [-0.4, -0.2) is 29.0 Å². The van der Waals surface area contributed by atoms with Gasteiger partial charge in [0.15, 0.2) is 0 Å². The fourth-order valence-electron chi connectivity index (χ4n) is 2.74. The second-order valence-corrected chi connectivity index (χ2v) is 6.92. The summed E-state index contributed by atoms with van der Waals surface area (Å²) < 4.78 is 6.18. The molecule has 3 aromatic rings. The van der Waals surface area contributed by atoms with Gasteiger partial charge in [-0.15, -0.1) is 11.3 Å². The summed E-state index contributed by atoms with van der Waals surface area (Å²) >= 11 is 1.59. The normalized spacial score (nSPS) is 13.3. The first-order chi connectivity index (χ1) is 12.6. The lowest BCUT2D eigenvalue weighted by Gasteiger charge is -2.19. The summed E-state index contributed by atoms with van der Waals surface area (Å²) in [4.78, 5) is 11.7. The number of fused-ring (bicyclic) bond motifs is 1. The maximum Gasteiger partial charge on any atom is 0.407 e. The van der Waals surface area contributed by atoms with Crippen LogP contribution in [0.1, 0.15) is 23.7 Å². The van der Waals surface area contributed by atoms with Gasteiger partial charge in [-0.3, -0.25) is 0 Å². The molecule has 2 atom stereocenters. The Balaban J connectivity index is 1.45. The van der Waals surface area contributed by atoms with E-state index in [0.717, 1.165) is 15.6 Å². The molecular formula is C20H21NO4S. The lowest BCUT2D eigenvalue weighted by atomic mass is 9.99.